The minimum Gasteiger partial charge on any atom is -0.373 e. The second-order valence-corrected chi connectivity index (χ2v) is 4.82. The fourth-order valence-corrected chi connectivity index (χ4v) is 2.37. The van der Waals surface area contributed by atoms with Crippen LogP contribution in [-0.2, 0) is 12.8 Å². The van der Waals surface area contributed by atoms with Crippen LogP contribution in [0.2, 0.25) is 0 Å². The molecule has 0 radical (unpaired) electrons. The van der Waals surface area contributed by atoms with Crippen molar-refractivity contribution in [3.63, 3.8) is 0 Å². The van der Waals surface area contributed by atoms with Crippen molar-refractivity contribution in [1.29, 1.82) is 0 Å². The van der Waals surface area contributed by atoms with Gasteiger partial charge in [-0.3, -0.25) is 0 Å². The normalized spacial score (nSPS) is 10.5. The lowest BCUT2D eigenvalue weighted by Gasteiger charge is -2.11. The van der Waals surface area contributed by atoms with E-state index in [1.165, 1.54) is 16.7 Å². The molecule has 0 amide bonds. The van der Waals surface area contributed by atoms with Gasteiger partial charge in [0, 0.05) is 24.7 Å². The van der Waals surface area contributed by atoms with Gasteiger partial charge < -0.3 is 5.32 Å². The third-order valence-corrected chi connectivity index (χ3v) is 3.30. The highest BCUT2D eigenvalue weighted by Gasteiger charge is 2.09. The van der Waals surface area contributed by atoms with Gasteiger partial charge in [-0.1, -0.05) is 36.8 Å². The Labute approximate surface area is 115 Å². The fraction of sp³-hybridized carbons (Fsp3) is 0.375. The summed E-state index contributed by atoms with van der Waals surface area (Å²) in [5.74, 6) is 1.84. The molecule has 2 rings (SSSR count). The van der Waals surface area contributed by atoms with E-state index >= 15 is 0 Å². The van der Waals surface area contributed by atoms with Crippen molar-refractivity contribution in [3.05, 3.63) is 52.5 Å². The van der Waals surface area contributed by atoms with Crippen molar-refractivity contribution in [2.45, 2.75) is 33.6 Å². The minimum absolute atomic E-state index is 0.779. The minimum atomic E-state index is 0.779. The van der Waals surface area contributed by atoms with Gasteiger partial charge in [0.25, 0.3) is 0 Å². The SMILES string of the molecule is CCc1c(C)nc(Cc2cccc(C)c2)nc1NC. The molecule has 0 fully saturated rings. The molecule has 0 bridgehead atoms. The molecule has 0 spiro atoms. The molecule has 100 valence electrons. The fourth-order valence-electron chi connectivity index (χ4n) is 2.37. The van der Waals surface area contributed by atoms with Gasteiger partial charge in [0.2, 0.25) is 0 Å². The molecule has 1 N–H and O–H groups in total. The van der Waals surface area contributed by atoms with Gasteiger partial charge in [0.05, 0.1) is 0 Å². The average molecular weight is 255 g/mol. The predicted molar refractivity (Wildman–Crippen MR) is 79.7 cm³/mol. The summed E-state index contributed by atoms with van der Waals surface area (Å²) < 4.78 is 0. The molecular formula is C16H21N3. The highest BCUT2D eigenvalue weighted by molar-refractivity contribution is 5.46. The van der Waals surface area contributed by atoms with Gasteiger partial charge in [-0.2, -0.15) is 0 Å². The molecule has 1 heterocycles. The van der Waals surface area contributed by atoms with Crippen molar-refractivity contribution in [1.82, 2.24) is 9.97 Å². The Morgan fingerprint density at radius 1 is 1.16 bits per heavy atom. The Hall–Kier alpha value is -1.90. The van der Waals surface area contributed by atoms with Crippen LogP contribution in [0.5, 0.6) is 0 Å². The van der Waals surface area contributed by atoms with E-state index in [-0.39, 0.29) is 0 Å². The molecule has 3 nitrogen and oxygen atoms in total. The quantitative estimate of drug-likeness (QED) is 0.911. The third-order valence-electron chi connectivity index (χ3n) is 3.30. The van der Waals surface area contributed by atoms with Crippen LogP contribution in [0.25, 0.3) is 0 Å². The standard InChI is InChI=1S/C16H21N3/c1-5-14-12(3)18-15(19-16(14)17-4)10-13-8-6-7-11(2)9-13/h6-9H,5,10H2,1-4H3,(H,17,18,19). The van der Waals surface area contributed by atoms with E-state index in [9.17, 15) is 0 Å². The second kappa shape index (κ2) is 5.83. The first-order chi connectivity index (χ1) is 9.13. The van der Waals surface area contributed by atoms with E-state index < -0.39 is 0 Å². The molecule has 0 saturated carbocycles. The van der Waals surface area contributed by atoms with Crippen molar-refractivity contribution in [2.24, 2.45) is 0 Å². The Morgan fingerprint density at radius 2 is 1.95 bits per heavy atom. The summed E-state index contributed by atoms with van der Waals surface area (Å²) in [5, 5.41) is 3.17. The zero-order chi connectivity index (χ0) is 13.8. The maximum absolute atomic E-state index is 4.63. The largest absolute Gasteiger partial charge is 0.373 e. The second-order valence-electron chi connectivity index (χ2n) is 4.82. The topological polar surface area (TPSA) is 37.8 Å². The highest BCUT2D eigenvalue weighted by atomic mass is 15.0. The average Bonchev–Trinajstić information content (AvgIpc) is 2.38. The molecule has 3 heteroatoms. The maximum atomic E-state index is 4.63. The molecule has 1 aromatic heterocycles. The van der Waals surface area contributed by atoms with Crippen LogP contribution in [0.15, 0.2) is 24.3 Å². The number of nitrogens with zero attached hydrogens (tertiary/aromatic N) is 2. The molecule has 0 aliphatic heterocycles. The summed E-state index contributed by atoms with van der Waals surface area (Å²) in [7, 11) is 1.91. The highest BCUT2D eigenvalue weighted by Crippen LogP contribution is 2.18. The van der Waals surface area contributed by atoms with Crippen LogP contribution in [0.4, 0.5) is 5.82 Å². The van der Waals surface area contributed by atoms with Crippen molar-refractivity contribution in [2.75, 3.05) is 12.4 Å². The molecule has 0 unspecified atom stereocenters. The predicted octanol–water partition coefficient (Wildman–Crippen LogP) is 3.29. The van der Waals surface area contributed by atoms with Crippen LogP contribution in [0.1, 0.15) is 35.1 Å². The lowest BCUT2D eigenvalue weighted by molar-refractivity contribution is 0.907. The number of hydrogen-bond acceptors (Lipinski definition) is 3. The van der Waals surface area contributed by atoms with Gasteiger partial charge in [0.15, 0.2) is 0 Å². The van der Waals surface area contributed by atoms with E-state index in [2.05, 4.69) is 60.3 Å². The third kappa shape index (κ3) is 3.11. The van der Waals surface area contributed by atoms with Crippen molar-refractivity contribution in [3.8, 4) is 0 Å². The van der Waals surface area contributed by atoms with E-state index in [4.69, 9.17) is 0 Å². The van der Waals surface area contributed by atoms with E-state index in [0.29, 0.717) is 0 Å². The Bertz CT molecular complexity index is 576. The first kappa shape index (κ1) is 13.5. The van der Waals surface area contributed by atoms with Crippen LogP contribution < -0.4 is 5.32 Å². The van der Waals surface area contributed by atoms with Crippen molar-refractivity contribution >= 4 is 5.82 Å². The van der Waals surface area contributed by atoms with Crippen LogP contribution >= 0.6 is 0 Å². The van der Waals surface area contributed by atoms with Crippen LogP contribution in [-0.4, -0.2) is 17.0 Å². The molecule has 0 atom stereocenters. The summed E-state index contributed by atoms with van der Waals surface area (Å²) in [6, 6.07) is 8.50. The molecule has 0 aliphatic rings. The number of benzene rings is 1. The summed E-state index contributed by atoms with van der Waals surface area (Å²) >= 11 is 0. The summed E-state index contributed by atoms with van der Waals surface area (Å²) in [5.41, 5.74) is 4.80. The van der Waals surface area contributed by atoms with Crippen LogP contribution in [0, 0.1) is 13.8 Å². The van der Waals surface area contributed by atoms with E-state index in [1.54, 1.807) is 0 Å². The summed E-state index contributed by atoms with van der Waals surface area (Å²) in [6.07, 6.45) is 1.73. The number of anilines is 1. The monoisotopic (exact) mass is 255 g/mol. The lowest BCUT2D eigenvalue weighted by Crippen LogP contribution is -2.07. The smallest absolute Gasteiger partial charge is 0.135 e. The maximum Gasteiger partial charge on any atom is 0.135 e. The summed E-state index contributed by atoms with van der Waals surface area (Å²) in [6.45, 7) is 6.29. The Balaban J connectivity index is 2.33. The lowest BCUT2D eigenvalue weighted by atomic mass is 10.1. The molecular weight excluding hydrogens is 234 g/mol. The number of aromatic nitrogens is 2. The van der Waals surface area contributed by atoms with Gasteiger partial charge in [-0.15, -0.1) is 0 Å². The first-order valence-corrected chi connectivity index (χ1v) is 6.73. The van der Waals surface area contributed by atoms with E-state index in [0.717, 1.165) is 30.2 Å². The Morgan fingerprint density at radius 3 is 2.58 bits per heavy atom. The number of aryl methyl sites for hydroxylation is 2. The molecule has 2 aromatic rings. The Kier molecular flexibility index (Phi) is 4.15. The molecule has 0 saturated heterocycles. The zero-order valence-corrected chi connectivity index (χ0v) is 12.1. The molecule has 0 aliphatic carbocycles. The van der Waals surface area contributed by atoms with Crippen LogP contribution in [0.3, 0.4) is 0 Å². The molecule has 19 heavy (non-hydrogen) atoms. The van der Waals surface area contributed by atoms with E-state index in [1.807, 2.05) is 7.05 Å². The zero-order valence-electron chi connectivity index (χ0n) is 12.1. The molecule has 1 aromatic carbocycles. The van der Waals surface area contributed by atoms with Gasteiger partial charge in [-0.05, 0) is 25.8 Å². The van der Waals surface area contributed by atoms with Gasteiger partial charge in [-0.25, -0.2) is 9.97 Å². The summed E-state index contributed by atoms with van der Waals surface area (Å²) in [4.78, 5) is 9.25. The first-order valence-electron chi connectivity index (χ1n) is 6.73. The van der Waals surface area contributed by atoms with Crippen molar-refractivity contribution < 1.29 is 0 Å². The number of nitrogens with one attached hydrogen (secondary N) is 1. The number of hydrogen-bond donors (Lipinski definition) is 1. The van der Waals surface area contributed by atoms with Gasteiger partial charge in [0.1, 0.15) is 11.6 Å². The van der Waals surface area contributed by atoms with Gasteiger partial charge >= 0.3 is 0 Å². The number of rotatable bonds is 4.